The van der Waals surface area contributed by atoms with Gasteiger partial charge in [0.2, 0.25) is 0 Å². The number of carbonyl (C=O) groups excluding carboxylic acids is 1. The molecule has 128 valence electrons. The Balaban J connectivity index is 2.03. The van der Waals surface area contributed by atoms with Crippen LogP contribution in [0.5, 0.6) is 5.75 Å². The van der Waals surface area contributed by atoms with E-state index in [4.69, 9.17) is 9.47 Å². The normalized spacial score (nSPS) is 16.1. The number of para-hydroxylation sites is 1. The Kier molecular flexibility index (Phi) is 6.60. The Labute approximate surface area is 139 Å². The molecule has 0 saturated carbocycles. The van der Waals surface area contributed by atoms with Crippen molar-refractivity contribution in [3.8, 4) is 5.75 Å². The lowest BCUT2D eigenvalue weighted by Gasteiger charge is -2.26. The summed E-state index contributed by atoms with van der Waals surface area (Å²) in [4.78, 5) is 14.6. The minimum Gasteiger partial charge on any atom is -0.426 e. The van der Waals surface area contributed by atoms with E-state index in [9.17, 15) is 4.79 Å². The van der Waals surface area contributed by atoms with Crippen molar-refractivity contribution in [2.45, 2.75) is 46.0 Å². The van der Waals surface area contributed by atoms with E-state index < -0.39 is 0 Å². The summed E-state index contributed by atoms with van der Waals surface area (Å²) in [6.45, 7) is 12.6. The summed E-state index contributed by atoms with van der Waals surface area (Å²) < 4.78 is 11.1. The highest BCUT2D eigenvalue weighted by Crippen LogP contribution is 2.34. The molecular weight excluding hydrogens is 290 g/mol. The molecule has 0 aromatic heterocycles. The van der Waals surface area contributed by atoms with Gasteiger partial charge in [-0.3, -0.25) is 9.69 Å². The van der Waals surface area contributed by atoms with E-state index in [1.54, 1.807) is 0 Å². The van der Waals surface area contributed by atoms with Gasteiger partial charge in [-0.25, -0.2) is 0 Å². The Morgan fingerprint density at radius 3 is 2.22 bits per heavy atom. The second kappa shape index (κ2) is 8.46. The number of esters is 1. The zero-order valence-electron chi connectivity index (χ0n) is 14.8. The van der Waals surface area contributed by atoms with Crippen molar-refractivity contribution in [2.24, 2.45) is 0 Å². The van der Waals surface area contributed by atoms with Crippen LogP contribution in [-0.2, 0) is 9.53 Å². The average molecular weight is 319 g/mol. The molecule has 0 atom stereocenters. The first-order valence-electron chi connectivity index (χ1n) is 8.62. The number of hydrogen-bond donors (Lipinski definition) is 0. The highest BCUT2D eigenvalue weighted by Gasteiger charge is 2.19. The molecule has 1 saturated heterocycles. The first kappa shape index (κ1) is 18.0. The predicted molar refractivity (Wildman–Crippen MR) is 92.1 cm³/mol. The summed E-state index contributed by atoms with van der Waals surface area (Å²) in [6.07, 6.45) is 0.421. The molecule has 0 unspecified atom stereocenters. The van der Waals surface area contributed by atoms with Crippen LogP contribution in [0.1, 0.15) is 57.1 Å². The Morgan fingerprint density at radius 2 is 1.70 bits per heavy atom. The fourth-order valence-corrected chi connectivity index (χ4v) is 2.84. The SMILES string of the molecule is CC(C)c1cccc(C(C)C)c1OC(=O)CCN1CCOCC1. The summed E-state index contributed by atoms with van der Waals surface area (Å²) in [7, 11) is 0. The van der Waals surface area contributed by atoms with Crippen LogP contribution in [0.4, 0.5) is 0 Å². The Bertz CT molecular complexity index is 493. The van der Waals surface area contributed by atoms with Gasteiger partial charge in [0.1, 0.15) is 5.75 Å². The lowest BCUT2D eigenvalue weighted by Crippen LogP contribution is -2.37. The molecule has 1 aromatic carbocycles. The molecule has 0 bridgehead atoms. The van der Waals surface area contributed by atoms with Crippen LogP contribution < -0.4 is 4.74 Å². The molecule has 0 radical (unpaired) electrons. The lowest BCUT2D eigenvalue weighted by molar-refractivity contribution is -0.135. The van der Waals surface area contributed by atoms with Crippen LogP contribution >= 0.6 is 0 Å². The van der Waals surface area contributed by atoms with Gasteiger partial charge >= 0.3 is 5.97 Å². The number of morpholine rings is 1. The molecule has 1 heterocycles. The highest BCUT2D eigenvalue weighted by atomic mass is 16.5. The molecular formula is C19H29NO3. The topological polar surface area (TPSA) is 38.8 Å². The van der Waals surface area contributed by atoms with Crippen LogP contribution in [0.3, 0.4) is 0 Å². The first-order valence-corrected chi connectivity index (χ1v) is 8.62. The minimum absolute atomic E-state index is 0.147. The first-order chi connectivity index (χ1) is 11.0. The number of ether oxygens (including phenoxy) is 2. The van der Waals surface area contributed by atoms with E-state index in [-0.39, 0.29) is 5.97 Å². The fraction of sp³-hybridized carbons (Fsp3) is 0.632. The van der Waals surface area contributed by atoms with Crippen LogP contribution in [0.25, 0.3) is 0 Å². The summed E-state index contributed by atoms with van der Waals surface area (Å²) >= 11 is 0. The van der Waals surface area contributed by atoms with E-state index in [2.05, 4.69) is 50.8 Å². The maximum absolute atomic E-state index is 12.3. The molecule has 1 aliphatic heterocycles. The minimum atomic E-state index is -0.147. The van der Waals surface area contributed by atoms with Crippen molar-refractivity contribution in [1.29, 1.82) is 0 Å². The zero-order chi connectivity index (χ0) is 16.8. The van der Waals surface area contributed by atoms with E-state index in [0.29, 0.717) is 18.3 Å². The standard InChI is InChI=1S/C19H29NO3/c1-14(2)16-6-5-7-17(15(3)4)19(16)23-18(21)8-9-20-10-12-22-13-11-20/h5-7,14-15H,8-13H2,1-4H3. The summed E-state index contributed by atoms with van der Waals surface area (Å²) in [5.74, 6) is 1.28. The van der Waals surface area contributed by atoms with Crippen molar-refractivity contribution >= 4 is 5.97 Å². The van der Waals surface area contributed by atoms with Gasteiger partial charge in [-0.2, -0.15) is 0 Å². The van der Waals surface area contributed by atoms with Gasteiger partial charge in [-0.1, -0.05) is 45.9 Å². The van der Waals surface area contributed by atoms with E-state index in [0.717, 1.165) is 49.7 Å². The van der Waals surface area contributed by atoms with Crippen molar-refractivity contribution in [2.75, 3.05) is 32.8 Å². The molecule has 1 fully saturated rings. The van der Waals surface area contributed by atoms with E-state index in [1.165, 1.54) is 0 Å². The smallest absolute Gasteiger partial charge is 0.312 e. The van der Waals surface area contributed by atoms with Crippen molar-refractivity contribution in [3.05, 3.63) is 29.3 Å². The molecule has 0 amide bonds. The molecule has 1 aromatic rings. The van der Waals surface area contributed by atoms with E-state index >= 15 is 0 Å². The third-order valence-corrected chi connectivity index (χ3v) is 4.27. The predicted octanol–water partition coefficient (Wildman–Crippen LogP) is 3.56. The van der Waals surface area contributed by atoms with Gasteiger partial charge < -0.3 is 9.47 Å². The molecule has 0 spiro atoms. The molecule has 4 nitrogen and oxygen atoms in total. The van der Waals surface area contributed by atoms with Gasteiger partial charge in [0.05, 0.1) is 19.6 Å². The number of rotatable bonds is 6. The van der Waals surface area contributed by atoms with Gasteiger partial charge in [-0.15, -0.1) is 0 Å². The monoisotopic (exact) mass is 319 g/mol. The van der Waals surface area contributed by atoms with Crippen LogP contribution in [-0.4, -0.2) is 43.7 Å². The molecule has 0 N–H and O–H groups in total. The van der Waals surface area contributed by atoms with Crippen molar-refractivity contribution < 1.29 is 14.3 Å². The zero-order valence-corrected chi connectivity index (χ0v) is 14.8. The number of hydrogen-bond acceptors (Lipinski definition) is 4. The number of nitrogens with zero attached hydrogens (tertiary/aromatic N) is 1. The van der Waals surface area contributed by atoms with E-state index in [1.807, 2.05) is 0 Å². The third kappa shape index (κ3) is 5.05. The maximum Gasteiger partial charge on any atom is 0.312 e. The number of carbonyl (C=O) groups is 1. The van der Waals surface area contributed by atoms with Crippen LogP contribution in [0.2, 0.25) is 0 Å². The van der Waals surface area contributed by atoms with Crippen molar-refractivity contribution in [3.63, 3.8) is 0 Å². The molecule has 4 heteroatoms. The van der Waals surface area contributed by atoms with Crippen LogP contribution in [0, 0.1) is 0 Å². The average Bonchev–Trinajstić information content (AvgIpc) is 2.53. The molecule has 1 aliphatic rings. The molecule has 0 aliphatic carbocycles. The lowest BCUT2D eigenvalue weighted by atomic mass is 9.94. The Morgan fingerprint density at radius 1 is 1.13 bits per heavy atom. The third-order valence-electron chi connectivity index (χ3n) is 4.27. The summed E-state index contributed by atoms with van der Waals surface area (Å²) in [6, 6.07) is 6.16. The molecule has 2 rings (SSSR count). The fourth-order valence-electron chi connectivity index (χ4n) is 2.84. The molecule has 23 heavy (non-hydrogen) atoms. The Hall–Kier alpha value is -1.39. The number of benzene rings is 1. The summed E-state index contributed by atoms with van der Waals surface area (Å²) in [5.41, 5.74) is 2.21. The van der Waals surface area contributed by atoms with Gasteiger partial charge in [-0.05, 0) is 23.0 Å². The largest absolute Gasteiger partial charge is 0.426 e. The second-order valence-electron chi connectivity index (χ2n) is 6.75. The van der Waals surface area contributed by atoms with Gasteiger partial charge in [0, 0.05) is 19.6 Å². The van der Waals surface area contributed by atoms with Gasteiger partial charge in [0.15, 0.2) is 0 Å². The van der Waals surface area contributed by atoms with Gasteiger partial charge in [0.25, 0.3) is 0 Å². The quantitative estimate of drug-likeness (QED) is 0.593. The van der Waals surface area contributed by atoms with Crippen LogP contribution in [0.15, 0.2) is 18.2 Å². The second-order valence-corrected chi connectivity index (χ2v) is 6.75. The van der Waals surface area contributed by atoms with Crippen molar-refractivity contribution in [1.82, 2.24) is 4.90 Å². The summed E-state index contributed by atoms with van der Waals surface area (Å²) in [5, 5.41) is 0. The maximum atomic E-state index is 12.3. The highest BCUT2D eigenvalue weighted by molar-refractivity contribution is 5.73.